The van der Waals surface area contributed by atoms with Crippen LogP contribution in [0.4, 0.5) is 0 Å². The molecule has 3 aromatic carbocycles. The third-order valence-corrected chi connectivity index (χ3v) is 5.16. The second-order valence-corrected chi connectivity index (χ2v) is 6.84. The Labute approximate surface area is 144 Å². The van der Waals surface area contributed by atoms with Gasteiger partial charge in [-0.05, 0) is 72.8 Å². The lowest BCUT2D eigenvalue weighted by atomic mass is 10.0. The predicted molar refractivity (Wildman–Crippen MR) is 102 cm³/mol. The molecule has 0 amide bonds. The minimum absolute atomic E-state index is 0.752. The summed E-state index contributed by atoms with van der Waals surface area (Å²) in [6.45, 7) is 4.31. The van der Waals surface area contributed by atoms with E-state index in [1.54, 1.807) is 0 Å². The number of aryl methyl sites for hydroxylation is 2. The Morgan fingerprint density at radius 1 is 0.792 bits per heavy atom. The Hall–Kier alpha value is -2.58. The molecule has 3 heteroatoms. The van der Waals surface area contributed by atoms with E-state index in [9.17, 15) is 0 Å². The number of fused-ring (bicyclic) bond motifs is 8. The smallest absolute Gasteiger partial charge is 0.146 e. The van der Waals surface area contributed by atoms with E-state index in [1.807, 2.05) is 18.2 Å². The molecule has 0 aliphatic carbocycles. The van der Waals surface area contributed by atoms with E-state index in [4.69, 9.17) is 16.6 Å². The highest BCUT2D eigenvalue weighted by Crippen LogP contribution is 2.34. The van der Waals surface area contributed by atoms with E-state index < -0.39 is 0 Å². The molecule has 0 fully saturated rings. The number of rotatable bonds is 0. The van der Waals surface area contributed by atoms with E-state index >= 15 is 0 Å². The summed E-state index contributed by atoms with van der Waals surface area (Å²) < 4.78 is 2.27. The molecule has 0 N–H and O–H groups in total. The standard InChI is InChI=1S/C21H15ClN2/c1-12-9-17-16-11-14(22)7-8-15(16)21-23-18-5-3-4-6-19(18)24(21)20(17)10-13(12)2/h3-11H,1-2H3. The number of hydrogen-bond acceptors (Lipinski definition) is 1. The van der Waals surface area contributed by atoms with Crippen LogP contribution in [0.3, 0.4) is 0 Å². The van der Waals surface area contributed by atoms with Crippen molar-refractivity contribution in [3.8, 4) is 0 Å². The topological polar surface area (TPSA) is 17.3 Å². The SMILES string of the molecule is Cc1cc2c3cc(Cl)ccc3c3nc4ccccc4n3c2cc1C. The summed E-state index contributed by atoms with van der Waals surface area (Å²) >= 11 is 6.29. The van der Waals surface area contributed by atoms with Gasteiger partial charge in [0.1, 0.15) is 5.65 Å². The molecule has 0 spiro atoms. The van der Waals surface area contributed by atoms with Crippen molar-refractivity contribution in [1.82, 2.24) is 9.38 Å². The minimum Gasteiger partial charge on any atom is -0.292 e. The predicted octanol–water partition coefficient (Wildman–Crippen LogP) is 6.06. The zero-order valence-corrected chi connectivity index (χ0v) is 14.2. The summed E-state index contributed by atoms with van der Waals surface area (Å²) in [5.41, 5.74) is 6.88. The van der Waals surface area contributed by atoms with Gasteiger partial charge in [-0.3, -0.25) is 4.40 Å². The Kier molecular flexibility index (Phi) is 2.71. The number of hydrogen-bond donors (Lipinski definition) is 0. The summed E-state index contributed by atoms with van der Waals surface area (Å²) in [5, 5.41) is 4.25. The zero-order chi connectivity index (χ0) is 16.4. The fourth-order valence-electron chi connectivity index (χ4n) is 3.59. The molecule has 0 atom stereocenters. The van der Waals surface area contributed by atoms with Crippen LogP contribution < -0.4 is 0 Å². The van der Waals surface area contributed by atoms with Crippen LogP contribution in [0.5, 0.6) is 0 Å². The molecule has 0 radical (unpaired) electrons. The Balaban J connectivity index is 2.20. The summed E-state index contributed by atoms with van der Waals surface area (Å²) in [4.78, 5) is 4.90. The maximum Gasteiger partial charge on any atom is 0.146 e. The fourth-order valence-corrected chi connectivity index (χ4v) is 3.76. The van der Waals surface area contributed by atoms with E-state index in [0.717, 1.165) is 32.5 Å². The summed E-state index contributed by atoms with van der Waals surface area (Å²) in [5.74, 6) is 0. The van der Waals surface area contributed by atoms with Gasteiger partial charge in [-0.2, -0.15) is 0 Å². The normalized spacial score (nSPS) is 12.0. The molecule has 0 saturated heterocycles. The van der Waals surface area contributed by atoms with Gasteiger partial charge < -0.3 is 0 Å². The second-order valence-electron chi connectivity index (χ2n) is 6.40. The molecule has 5 rings (SSSR count). The first-order valence-corrected chi connectivity index (χ1v) is 8.41. The minimum atomic E-state index is 0.752. The van der Waals surface area contributed by atoms with Gasteiger partial charge in [0.15, 0.2) is 0 Å². The lowest BCUT2D eigenvalue weighted by Gasteiger charge is -2.12. The largest absolute Gasteiger partial charge is 0.292 e. The molecule has 2 nitrogen and oxygen atoms in total. The molecule has 0 aliphatic heterocycles. The van der Waals surface area contributed by atoms with Crippen molar-refractivity contribution in [3.63, 3.8) is 0 Å². The number of halogens is 1. The third kappa shape index (κ3) is 1.75. The highest BCUT2D eigenvalue weighted by molar-refractivity contribution is 6.32. The van der Waals surface area contributed by atoms with Gasteiger partial charge in [-0.15, -0.1) is 0 Å². The van der Waals surface area contributed by atoms with Crippen LogP contribution in [0.2, 0.25) is 5.02 Å². The molecule has 0 saturated carbocycles. The number of para-hydroxylation sites is 2. The van der Waals surface area contributed by atoms with Gasteiger partial charge in [0, 0.05) is 15.8 Å². The van der Waals surface area contributed by atoms with Crippen LogP contribution in [-0.2, 0) is 0 Å². The molecular weight excluding hydrogens is 316 g/mol. The van der Waals surface area contributed by atoms with Crippen molar-refractivity contribution < 1.29 is 0 Å². The van der Waals surface area contributed by atoms with Crippen LogP contribution in [0.25, 0.3) is 38.4 Å². The number of pyridine rings is 1. The molecule has 5 aromatic rings. The zero-order valence-electron chi connectivity index (χ0n) is 13.5. The van der Waals surface area contributed by atoms with Crippen LogP contribution in [-0.4, -0.2) is 9.38 Å². The first-order chi connectivity index (χ1) is 11.6. The molecule has 2 aromatic heterocycles. The second kappa shape index (κ2) is 4.71. The average molecular weight is 331 g/mol. The quantitative estimate of drug-likeness (QED) is 0.315. The van der Waals surface area contributed by atoms with Crippen molar-refractivity contribution in [1.29, 1.82) is 0 Å². The first kappa shape index (κ1) is 13.8. The lowest BCUT2D eigenvalue weighted by molar-refractivity contribution is 1.29. The van der Waals surface area contributed by atoms with E-state index in [2.05, 4.69) is 54.6 Å². The molecular formula is C21H15ClN2. The van der Waals surface area contributed by atoms with Gasteiger partial charge in [-0.1, -0.05) is 23.7 Å². The maximum atomic E-state index is 6.29. The summed E-state index contributed by atoms with van der Waals surface area (Å²) in [7, 11) is 0. The summed E-state index contributed by atoms with van der Waals surface area (Å²) in [6, 6.07) is 18.9. The van der Waals surface area contributed by atoms with Crippen molar-refractivity contribution in [2.45, 2.75) is 13.8 Å². The van der Waals surface area contributed by atoms with Gasteiger partial charge in [-0.25, -0.2) is 4.98 Å². The Morgan fingerprint density at radius 2 is 1.58 bits per heavy atom. The van der Waals surface area contributed by atoms with Gasteiger partial charge in [0.25, 0.3) is 0 Å². The first-order valence-electron chi connectivity index (χ1n) is 8.03. The number of benzene rings is 3. The average Bonchev–Trinajstić information content (AvgIpc) is 2.96. The van der Waals surface area contributed by atoms with Crippen LogP contribution in [0.15, 0.2) is 54.6 Å². The fraction of sp³-hybridized carbons (Fsp3) is 0.0952. The van der Waals surface area contributed by atoms with Crippen molar-refractivity contribution in [3.05, 3.63) is 70.7 Å². The van der Waals surface area contributed by atoms with Crippen molar-refractivity contribution in [2.75, 3.05) is 0 Å². The molecule has 0 unspecified atom stereocenters. The molecule has 24 heavy (non-hydrogen) atoms. The van der Waals surface area contributed by atoms with E-state index in [0.29, 0.717) is 0 Å². The molecule has 0 bridgehead atoms. The Morgan fingerprint density at radius 3 is 2.46 bits per heavy atom. The van der Waals surface area contributed by atoms with E-state index in [1.165, 1.54) is 22.0 Å². The molecule has 116 valence electrons. The third-order valence-electron chi connectivity index (χ3n) is 4.93. The maximum absolute atomic E-state index is 6.29. The van der Waals surface area contributed by atoms with Gasteiger partial charge >= 0.3 is 0 Å². The van der Waals surface area contributed by atoms with Crippen LogP contribution >= 0.6 is 11.6 Å². The molecule has 2 heterocycles. The number of imidazole rings is 1. The highest BCUT2D eigenvalue weighted by atomic mass is 35.5. The monoisotopic (exact) mass is 330 g/mol. The highest BCUT2D eigenvalue weighted by Gasteiger charge is 2.14. The van der Waals surface area contributed by atoms with Gasteiger partial charge in [0.2, 0.25) is 0 Å². The van der Waals surface area contributed by atoms with E-state index in [-0.39, 0.29) is 0 Å². The Bertz CT molecular complexity index is 1280. The van der Waals surface area contributed by atoms with Crippen molar-refractivity contribution >= 4 is 50.0 Å². The van der Waals surface area contributed by atoms with Crippen molar-refractivity contribution in [2.24, 2.45) is 0 Å². The number of aromatic nitrogens is 2. The van der Waals surface area contributed by atoms with Gasteiger partial charge in [0.05, 0.1) is 16.6 Å². The molecule has 0 aliphatic rings. The lowest BCUT2D eigenvalue weighted by Crippen LogP contribution is -1.93. The summed E-state index contributed by atoms with van der Waals surface area (Å²) in [6.07, 6.45) is 0. The van der Waals surface area contributed by atoms with Crippen LogP contribution in [0.1, 0.15) is 11.1 Å². The van der Waals surface area contributed by atoms with Crippen LogP contribution in [0, 0.1) is 13.8 Å². The number of nitrogens with zero attached hydrogens (tertiary/aromatic N) is 2.